The Morgan fingerprint density at radius 1 is 1.37 bits per heavy atom. The highest BCUT2D eigenvalue weighted by atomic mass is 32.1. The third-order valence-electron chi connectivity index (χ3n) is 3.02. The van der Waals surface area contributed by atoms with Crippen molar-refractivity contribution in [3.63, 3.8) is 0 Å². The number of aromatic nitrogens is 2. The third-order valence-corrected chi connectivity index (χ3v) is 3.78. The SMILES string of the molecule is Cc1ccc(C)c(Oc2nc3sccn3c2CO)c1. The molecule has 2 aromatic heterocycles. The summed E-state index contributed by atoms with van der Waals surface area (Å²) < 4.78 is 7.72. The molecule has 0 radical (unpaired) electrons. The molecule has 19 heavy (non-hydrogen) atoms. The fraction of sp³-hybridized carbons (Fsp3) is 0.214. The van der Waals surface area contributed by atoms with E-state index in [4.69, 9.17) is 4.74 Å². The van der Waals surface area contributed by atoms with Crippen LogP contribution < -0.4 is 4.74 Å². The Kier molecular flexibility index (Phi) is 3.00. The minimum Gasteiger partial charge on any atom is -0.437 e. The zero-order chi connectivity index (χ0) is 13.4. The van der Waals surface area contributed by atoms with Crippen LogP contribution in [0.5, 0.6) is 11.6 Å². The van der Waals surface area contributed by atoms with E-state index in [-0.39, 0.29) is 6.61 Å². The lowest BCUT2D eigenvalue weighted by Crippen LogP contribution is -1.95. The summed E-state index contributed by atoms with van der Waals surface area (Å²) in [5.74, 6) is 1.25. The first-order valence-corrected chi connectivity index (χ1v) is 6.87. The maximum atomic E-state index is 9.49. The lowest BCUT2D eigenvalue weighted by molar-refractivity contribution is 0.269. The van der Waals surface area contributed by atoms with Crippen LogP contribution in [-0.4, -0.2) is 14.5 Å². The quantitative estimate of drug-likeness (QED) is 0.797. The number of ether oxygens (including phenoxy) is 1. The molecular formula is C14H14N2O2S. The number of aliphatic hydroxyl groups excluding tert-OH is 1. The van der Waals surface area contributed by atoms with Crippen molar-refractivity contribution in [2.75, 3.05) is 0 Å². The summed E-state index contributed by atoms with van der Waals surface area (Å²) in [6.07, 6.45) is 1.88. The van der Waals surface area contributed by atoms with Crippen molar-refractivity contribution in [3.8, 4) is 11.6 Å². The second-order valence-electron chi connectivity index (χ2n) is 4.45. The van der Waals surface area contributed by atoms with Crippen molar-refractivity contribution in [2.45, 2.75) is 20.5 Å². The highest BCUT2D eigenvalue weighted by Gasteiger charge is 2.15. The van der Waals surface area contributed by atoms with Crippen LogP contribution in [0, 0.1) is 13.8 Å². The predicted molar refractivity (Wildman–Crippen MR) is 75.0 cm³/mol. The molecule has 0 aliphatic rings. The molecule has 0 saturated heterocycles. The average molecular weight is 274 g/mol. The van der Waals surface area contributed by atoms with Gasteiger partial charge in [-0.05, 0) is 31.0 Å². The van der Waals surface area contributed by atoms with Crippen molar-refractivity contribution in [2.24, 2.45) is 0 Å². The monoisotopic (exact) mass is 274 g/mol. The van der Waals surface area contributed by atoms with E-state index in [0.29, 0.717) is 11.6 Å². The van der Waals surface area contributed by atoms with Crippen LogP contribution in [0.1, 0.15) is 16.8 Å². The van der Waals surface area contributed by atoms with E-state index in [1.807, 2.05) is 48.0 Å². The number of imidazole rings is 1. The van der Waals surface area contributed by atoms with Gasteiger partial charge >= 0.3 is 0 Å². The Morgan fingerprint density at radius 2 is 2.21 bits per heavy atom. The second kappa shape index (κ2) is 4.68. The first-order chi connectivity index (χ1) is 9.19. The molecule has 0 aliphatic carbocycles. The number of nitrogens with zero attached hydrogens (tertiary/aromatic N) is 2. The molecule has 5 heteroatoms. The second-order valence-corrected chi connectivity index (χ2v) is 5.32. The number of benzene rings is 1. The Morgan fingerprint density at radius 3 is 3.00 bits per heavy atom. The zero-order valence-corrected chi connectivity index (χ0v) is 11.6. The fourth-order valence-electron chi connectivity index (χ4n) is 1.96. The zero-order valence-electron chi connectivity index (χ0n) is 10.8. The largest absolute Gasteiger partial charge is 0.437 e. The molecule has 4 nitrogen and oxygen atoms in total. The van der Waals surface area contributed by atoms with Gasteiger partial charge in [0, 0.05) is 11.6 Å². The summed E-state index contributed by atoms with van der Waals surface area (Å²) >= 11 is 1.52. The minimum atomic E-state index is -0.0991. The normalized spacial score (nSPS) is 11.1. The summed E-state index contributed by atoms with van der Waals surface area (Å²) in [6, 6.07) is 6.03. The predicted octanol–water partition coefficient (Wildman–Crippen LogP) is 3.30. The molecule has 0 unspecified atom stereocenters. The van der Waals surface area contributed by atoms with Crippen LogP contribution in [0.3, 0.4) is 0 Å². The van der Waals surface area contributed by atoms with Crippen molar-refractivity contribution in [3.05, 3.63) is 46.6 Å². The molecule has 3 aromatic rings. The van der Waals surface area contributed by atoms with Gasteiger partial charge in [0.05, 0.1) is 6.61 Å². The number of hydrogen-bond acceptors (Lipinski definition) is 4. The van der Waals surface area contributed by atoms with E-state index in [1.54, 1.807) is 0 Å². The van der Waals surface area contributed by atoms with Crippen molar-refractivity contribution >= 4 is 16.3 Å². The Balaban J connectivity index is 2.05. The average Bonchev–Trinajstić information content (AvgIpc) is 2.94. The third kappa shape index (κ3) is 2.11. The first-order valence-electron chi connectivity index (χ1n) is 5.99. The molecule has 2 heterocycles. The van der Waals surface area contributed by atoms with Gasteiger partial charge in [-0.2, -0.15) is 4.98 Å². The summed E-state index contributed by atoms with van der Waals surface area (Å²) in [6.45, 7) is 3.91. The van der Waals surface area contributed by atoms with Crippen LogP contribution in [0.4, 0.5) is 0 Å². The maximum Gasteiger partial charge on any atom is 0.244 e. The number of aryl methyl sites for hydroxylation is 2. The van der Waals surface area contributed by atoms with E-state index in [9.17, 15) is 5.11 Å². The maximum absolute atomic E-state index is 9.49. The lowest BCUT2D eigenvalue weighted by Gasteiger charge is -2.08. The summed E-state index contributed by atoms with van der Waals surface area (Å²) in [7, 11) is 0. The molecule has 0 atom stereocenters. The topological polar surface area (TPSA) is 46.8 Å². The van der Waals surface area contributed by atoms with Crippen LogP contribution in [0.25, 0.3) is 4.96 Å². The van der Waals surface area contributed by atoms with Crippen LogP contribution in [0.2, 0.25) is 0 Å². The van der Waals surface area contributed by atoms with E-state index >= 15 is 0 Å². The molecule has 1 aromatic carbocycles. The molecule has 98 valence electrons. The number of hydrogen-bond donors (Lipinski definition) is 1. The van der Waals surface area contributed by atoms with Crippen molar-refractivity contribution < 1.29 is 9.84 Å². The number of fused-ring (bicyclic) bond motifs is 1. The van der Waals surface area contributed by atoms with Crippen molar-refractivity contribution in [1.29, 1.82) is 0 Å². The standard InChI is InChI=1S/C14H14N2O2S/c1-9-3-4-10(2)12(7-9)18-13-11(8-17)16-5-6-19-14(16)15-13/h3-7,17H,8H2,1-2H3. The minimum absolute atomic E-state index is 0.0991. The van der Waals surface area contributed by atoms with Gasteiger partial charge in [0.15, 0.2) is 4.96 Å². The van der Waals surface area contributed by atoms with E-state index < -0.39 is 0 Å². The number of rotatable bonds is 3. The van der Waals surface area contributed by atoms with Gasteiger partial charge in [-0.15, -0.1) is 11.3 Å². The van der Waals surface area contributed by atoms with Crippen LogP contribution in [0.15, 0.2) is 29.8 Å². The van der Waals surface area contributed by atoms with Gasteiger partial charge in [0.25, 0.3) is 0 Å². The molecule has 0 amide bonds. The molecule has 0 aliphatic heterocycles. The molecule has 3 rings (SSSR count). The lowest BCUT2D eigenvalue weighted by atomic mass is 10.1. The number of thiazole rings is 1. The molecule has 0 spiro atoms. The van der Waals surface area contributed by atoms with Crippen LogP contribution >= 0.6 is 11.3 Å². The smallest absolute Gasteiger partial charge is 0.244 e. The molecule has 0 fully saturated rings. The molecule has 0 bridgehead atoms. The van der Waals surface area contributed by atoms with E-state index in [1.165, 1.54) is 11.3 Å². The summed E-state index contributed by atoms with van der Waals surface area (Å²) in [4.78, 5) is 5.23. The summed E-state index contributed by atoms with van der Waals surface area (Å²) in [5.41, 5.74) is 2.86. The Hall–Kier alpha value is -1.85. The number of aliphatic hydroxyl groups is 1. The van der Waals surface area contributed by atoms with Gasteiger partial charge in [0.1, 0.15) is 11.4 Å². The Bertz CT molecular complexity index is 730. The highest BCUT2D eigenvalue weighted by molar-refractivity contribution is 7.15. The van der Waals surface area contributed by atoms with Crippen molar-refractivity contribution in [1.82, 2.24) is 9.38 Å². The highest BCUT2D eigenvalue weighted by Crippen LogP contribution is 2.30. The molecule has 1 N–H and O–H groups in total. The molecule has 0 saturated carbocycles. The summed E-state index contributed by atoms with van der Waals surface area (Å²) in [5, 5.41) is 11.4. The fourth-order valence-corrected chi connectivity index (χ4v) is 2.68. The van der Waals surface area contributed by atoms with Gasteiger partial charge in [-0.25, -0.2) is 0 Å². The van der Waals surface area contributed by atoms with Gasteiger partial charge < -0.3 is 9.84 Å². The van der Waals surface area contributed by atoms with Gasteiger partial charge in [-0.3, -0.25) is 4.40 Å². The van der Waals surface area contributed by atoms with E-state index in [2.05, 4.69) is 4.98 Å². The van der Waals surface area contributed by atoms with E-state index in [0.717, 1.165) is 21.8 Å². The first kappa shape index (κ1) is 12.2. The van der Waals surface area contributed by atoms with Gasteiger partial charge in [-0.1, -0.05) is 12.1 Å². The van der Waals surface area contributed by atoms with Crippen LogP contribution in [-0.2, 0) is 6.61 Å². The van der Waals surface area contributed by atoms with Gasteiger partial charge in [0.2, 0.25) is 5.88 Å². The Labute approximate surface area is 114 Å². The molecular weight excluding hydrogens is 260 g/mol.